The van der Waals surface area contributed by atoms with Crippen molar-refractivity contribution >= 4 is 5.97 Å². The molecule has 1 saturated heterocycles. The number of carboxylic acids is 1. The van der Waals surface area contributed by atoms with E-state index in [0.717, 1.165) is 24.9 Å². The van der Waals surface area contributed by atoms with Crippen molar-refractivity contribution in [3.8, 4) is 6.07 Å². The number of hydrogen-bond donors (Lipinski definition) is 1. The summed E-state index contributed by atoms with van der Waals surface area (Å²) in [5, 5.41) is 18.5. The highest BCUT2D eigenvalue weighted by Crippen LogP contribution is 2.27. The zero-order chi connectivity index (χ0) is 14.5. The molecule has 1 aliphatic rings. The van der Waals surface area contributed by atoms with E-state index >= 15 is 0 Å². The second-order valence-corrected chi connectivity index (χ2v) is 5.25. The highest BCUT2D eigenvalue weighted by atomic mass is 16.4. The van der Waals surface area contributed by atoms with Gasteiger partial charge in [-0.15, -0.1) is 0 Å². The summed E-state index contributed by atoms with van der Waals surface area (Å²) in [5.41, 5.74) is 1.19. The zero-order valence-corrected chi connectivity index (χ0v) is 11.6. The van der Waals surface area contributed by atoms with Crippen LogP contribution >= 0.6 is 0 Å². The van der Waals surface area contributed by atoms with Gasteiger partial charge in [0.2, 0.25) is 0 Å². The van der Waals surface area contributed by atoms with Crippen LogP contribution in [0.2, 0.25) is 0 Å². The lowest BCUT2D eigenvalue weighted by molar-refractivity contribution is -0.145. The van der Waals surface area contributed by atoms with Crippen LogP contribution in [0.4, 0.5) is 0 Å². The molecule has 1 aliphatic heterocycles. The van der Waals surface area contributed by atoms with E-state index in [9.17, 15) is 9.90 Å². The summed E-state index contributed by atoms with van der Waals surface area (Å²) < 4.78 is 0. The number of likely N-dealkylation sites (tertiary alicyclic amines) is 1. The molecule has 1 fully saturated rings. The second kappa shape index (κ2) is 6.49. The lowest BCUT2D eigenvalue weighted by atomic mass is 9.88. The average Bonchev–Trinajstić information content (AvgIpc) is 2.48. The molecule has 5 heteroatoms. The largest absolute Gasteiger partial charge is 0.480 e. The van der Waals surface area contributed by atoms with Gasteiger partial charge in [-0.25, -0.2) is 4.98 Å². The molecule has 0 aliphatic carbocycles. The van der Waals surface area contributed by atoms with Gasteiger partial charge in [-0.05, 0) is 31.4 Å². The number of aromatic nitrogens is 1. The Morgan fingerprint density at radius 2 is 2.45 bits per heavy atom. The smallest absolute Gasteiger partial charge is 0.320 e. The van der Waals surface area contributed by atoms with Crippen LogP contribution in [0.3, 0.4) is 0 Å². The van der Waals surface area contributed by atoms with E-state index in [1.807, 2.05) is 11.0 Å². The van der Waals surface area contributed by atoms with Crippen LogP contribution in [0.15, 0.2) is 18.3 Å². The first-order valence-electron chi connectivity index (χ1n) is 6.96. The van der Waals surface area contributed by atoms with Gasteiger partial charge in [0.15, 0.2) is 0 Å². The summed E-state index contributed by atoms with van der Waals surface area (Å²) >= 11 is 0. The fourth-order valence-electron chi connectivity index (χ4n) is 2.79. The standard InChI is InChI=1S/C15H19N3O2/c1-2-11-5-7-18(14(8-11)15(19)20)10-12-4-3-6-17-13(12)9-16/h3-4,6,11,14H,2,5,7-8,10H2,1H3,(H,19,20). The number of piperidine rings is 1. The zero-order valence-electron chi connectivity index (χ0n) is 11.6. The van der Waals surface area contributed by atoms with Crippen molar-refractivity contribution in [3.63, 3.8) is 0 Å². The van der Waals surface area contributed by atoms with Crippen LogP contribution in [0.5, 0.6) is 0 Å². The highest BCUT2D eigenvalue weighted by Gasteiger charge is 2.32. The van der Waals surface area contributed by atoms with Crippen molar-refractivity contribution in [2.45, 2.75) is 38.8 Å². The maximum Gasteiger partial charge on any atom is 0.320 e. The summed E-state index contributed by atoms with van der Waals surface area (Å²) in [4.78, 5) is 17.4. The van der Waals surface area contributed by atoms with E-state index < -0.39 is 12.0 Å². The number of aliphatic carboxylic acids is 1. The van der Waals surface area contributed by atoms with Crippen molar-refractivity contribution in [2.24, 2.45) is 5.92 Å². The molecule has 2 unspecified atom stereocenters. The van der Waals surface area contributed by atoms with Crippen LogP contribution in [0.25, 0.3) is 0 Å². The molecule has 0 aromatic carbocycles. The molecule has 0 spiro atoms. The lowest BCUT2D eigenvalue weighted by Gasteiger charge is -2.37. The number of nitrogens with zero attached hydrogens (tertiary/aromatic N) is 3. The topological polar surface area (TPSA) is 77.2 Å². The van der Waals surface area contributed by atoms with Gasteiger partial charge in [0.25, 0.3) is 0 Å². The molecule has 0 radical (unpaired) electrons. The minimum atomic E-state index is -0.773. The molecule has 0 saturated carbocycles. The van der Waals surface area contributed by atoms with E-state index in [1.165, 1.54) is 0 Å². The maximum absolute atomic E-state index is 11.4. The molecule has 2 rings (SSSR count). The number of hydrogen-bond acceptors (Lipinski definition) is 4. The Balaban J connectivity index is 2.15. The number of carbonyl (C=O) groups is 1. The average molecular weight is 273 g/mol. The Morgan fingerprint density at radius 3 is 3.10 bits per heavy atom. The predicted molar refractivity (Wildman–Crippen MR) is 73.8 cm³/mol. The van der Waals surface area contributed by atoms with E-state index in [4.69, 9.17) is 5.26 Å². The fraction of sp³-hybridized carbons (Fsp3) is 0.533. The van der Waals surface area contributed by atoms with Crippen LogP contribution in [-0.4, -0.2) is 33.5 Å². The molecule has 2 heterocycles. The van der Waals surface area contributed by atoms with Crippen molar-refractivity contribution in [3.05, 3.63) is 29.6 Å². The van der Waals surface area contributed by atoms with Gasteiger partial charge >= 0.3 is 5.97 Å². The Hall–Kier alpha value is -1.93. The summed E-state index contributed by atoms with van der Waals surface area (Å²) in [6.45, 7) is 3.34. The van der Waals surface area contributed by atoms with Crippen molar-refractivity contribution in [2.75, 3.05) is 6.54 Å². The molecular formula is C15H19N3O2. The lowest BCUT2D eigenvalue weighted by Crippen LogP contribution is -2.46. The van der Waals surface area contributed by atoms with Crippen LogP contribution in [-0.2, 0) is 11.3 Å². The molecule has 106 valence electrons. The Morgan fingerprint density at radius 1 is 1.65 bits per heavy atom. The third kappa shape index (κ3) is 3.14. The Bertz CT molecular complexity index is 524. The van der Waals surface area contributed by atoms with Crippen LogP contribution < -0.4 is 0 Å². The number of carboxylic acid groups (broad SMARTS) is 1. The maximum atomic E-state index is 11.4. The first kappa shape index (κ1) is 14.5. The normalized spacial score (nSPS) is 23.2. The third-order valence-electron chi connectivity index (χ3n) is 4.05. The number of rotatable bonds is 4. The van der Waals surface area contributed by atoms with Crippen molar-refractivity contribution < 1.29 is 9.90 Å². The summed E-state index contributed by atoms with van der Waals surface area (Å²) in [7, 11) is 0. The van der Waals surface area contributed by atoms with Crippen molar-refractivity contribution in [1.29, 1.82) is 5.26 Å². The number of pyridine rings is 1. The fourth-order valence-corrected chi connectivity index (χ4v) is 2.79. The summed E-state index contributed by atoms with van der Waals surface area (Å²) in [6.07, 6.45) is 4.31. The molecule has 1 N–H and O–H groups in total. The van der Waals surface area contributed by atoms with Gasteiger partial charge in [0.05, 0.1) is 0 Å². The van der Waals surface area contributed by atoms with Gasteiger partial charge in [0.1, 0.15) is 17.8 Å². The molecule has 20 heavy (non-hydrogen) atoms. The summed E-state index contributed by atoms with van der Waals surface area (Å²) in [6, 6.07) is 5.23. The van der Waals surface area contributed by atoms with E-state index in [0.29, 0.717) is 24.6 Å². The predicted octanol–water partition coefficient (Wildman–Crippen LogP) is 2.03. The molecule has 2 atom stereocenters. The van der Waals surface area contributed by atoms with Gasteiger partial charge < -0.3 is 5.11 Å². The third-order valence-corrected chi connectivity index (χ3v) is 4.05. The first-order valence-corrected chi connectivity index (χ1v) is 6.96. The molecule has 1 aromatic heterocycles. The van der Waals surface area contributed by atoms with Gasteiger partial charge in [-0.3, -0.25) is 9.69 Å². The van der Waals surface area contributed by atoms with E-state index in [1.54, 1.807) is 12.3 Å². The monoisotopic (exact) mass is 273 g/mol. The quantitative estimate of drug-likeness (QED) is 0.908. The van der Waals surface area contributed by atoms with Gasteiger partial charge in [-0.1, -0.05) is 19.4 Å². The van der Waals surface area contributed by atoms with Crippen molar-refractivity contribution in [1.82, 2.24) is 9.88 Å². The summed E-state index contributed by atoms with van der Waals surface area (Å²) in [5.74, 6) is -0.290. The highest BCUT2D eigenvalue weighted by molar-refractivity contribution is 5.73. The van der Waals surface area contributed by atoms with Gasteiger partial charge in [-0.2, -0.15) is 5.26 Å². The van der Waals surface area contributed by atoms with Crippen LogP contribution in [0, 0.1) is 17.2 Å². The number of nitriles is 1. The molecule has 5 nitrogen and oxygen atoms in total. The Labute approximate surface area is 118 Å². The first-order chi connectivity index (χ1) is 9.65. The van der Waals surface area contributed by atoms with E-state index in [-0.39, 0.29) is 0 Å². The SMILES string of the molecule is CCC1CCN(Cc2cccnc2C#N)C(C(=O)O)C1. The van der Waals surface area contributed by atoms with Gasteiger partial charge in [0, 0.05) is 18.3 Å². The van der Waals surface area contributed by atoms with E-state index in [2.05, 4.69) is 18.0 Å². The molecule has 1 aromatic rings. The molecule has 0 bridgehead atoms. The Kier molecular flexibility index (Phi) is 4.70. The molecule has 0 amide bonds. The second-order valence-electron chi connectivity index (χ2n) is 5.25. The minimum Gasteiger partial charge on any atom is -0.480 e. The minimum absolute atomic E-state index is 0.384. The van der Waals surface area contributed by atoms with Crippen LogP contribution in [0.1, 0.15) is 37.4 Å². The molecular weight excluding hydrogens is 254 g/mol.